The molecule has 1 aliphatic rings. The summed E-state index contributed by atoms with van der Waals surface area (Å²) < 4.78 is 2.00. The lowest BCUT2D eigenvalue weighted by atomic mass is 10.1. The first-order chi connectivity index (χ1) is 15.2. The molecule has 0 amide bonds. The molecule has 5 nitrogen and oxygen atoms in total. The maximum Gasteiger partial charge on any atom is 0.165 e. The lowest BCUT2D eigenvalue weighted by Gasteiger charge is -2.36. The summed E-state index contributed by atoms with van der Waals surface area (Å²) in [5.74, 6) is 1.10. The Balaban J connectivity index is 1.59. The molecule has 2 aromatic heterocycles. The van der Waals surface area contributed by atoms with E-state index < -0.39 is 0 Å². The number of piperazine rings is 1. The predicted octanol–water partition coefficient (Wildman–Crippen LogP) is 4.76. The van der Waals surface area contributed by atoms with Gasteiger partial charge >= 0.3 is 0 Å². The van der Waals surface area contributed by atoms with Crippen LogP contribution in [0.3, 0.4) is 0 Å². The summed E-state index contributed by atoms with van der Waals surface area (Å²) in [5.41, 5.74) is 6.39. The number of rotatable bonds is 5. The summed E-state index contributed by atoms with van der Waals surface area (Å²) >= 11 is 0. The second-order valence-electron chi connectivity index (χ2n) is 8.25. The molecule has 0 unspecified atom stereocenters. The molecule has 1 saturated heterocycles. The van der Waals surface area contributed by atoms with Crippen LogP contribution < -0.4 is 4.90 Å². The third-order valence-electron chi connectivity index (χ3n) is 5.80. The lowest BCUT2D eigenvalue weighted by molar-refractivity contribution is 0.277. The fraction of sp³-hybridized carbons (Fsp3) is 0.231. The van der Waals surface area contributed by atoms with E-state index in [2.05, 4.69) is 77.9 Å². The highest BCUT2D eigenvalue weighted by atomic mass is 15.4. The Kier molecular flexibility index (Phi) is 5.26. The topological polar surface area (TPSA) is 36.7 Å². The van der Waals surface area contributed by atoms with Crippen molar-refractivity contribution in [3.05, 3.63) is 85.1 Å². The maximum atomic E-state index is 5.04. The minimum atomic E-state index is 0.895. The van der Waals surface area contributed by atoms with E-state index in [1.165, 1.54) is 5.57 Å². The monoisotopic (exact) mass is 409 g/mol. The molecule has 0 atom stereocenters. The van der Waals surface area contributed by atoms with Crippen LogP contribution in [0.1, 0.15) is 6.92 Å². The van der Waals surface area contributed by atoms with Crippen LogP contribution in [0, 0.1) is 0 Å². The number of hydrogen-bond donors (Lipinski definition) is 0. The first-order valence-corrected chi connectivity index (χ1v) is 10.8. The number of benzene rings is 2. The maximum absolute atomic E-state index is 5.04. The number of anilines is 1. The van der Waals surface area contributed by atoms with Crippen molar-refractivity contribution in [2.24, 2.45) is 0 Å². The highest BCUT2D eigenvalue weighted by Gasteiger charge is 2.22. The van der Waals surface area contributed by atoms with Gasteiger partial charge in [0.05, 0.1) is 11.9 Å². The van der Waals surface area contributed by atoms with Gasteiger partial charge in [-0.1, -0.05) is 72.8 Å². The molecule has 0 N–H and O–H groups in total. The minimum Gasteiger partial charge on any atom is -0.354 e. The Hall–Kier alpha value is -3.44. The van der Waals surface area contributed by atoms with E-state index in [0.29, 0.717) is 0 Å². The van der Waals surface area contributed by atoms with Gasteiger partial charge in [-0.25, -0.2) is 4.98 Å². The van der Waals surface area contributed by atoms with Crippen LogP contribution in [0.15, 0.2) is 85.1 Å². The van der Waals surface area contributed by atoms with E-state index in [1.54, 1.807) is 0 Å². The van der Waals surface area contributed by atoms with E-state index in [4.69, 9.17) is 10.1 Å². The van der Waals surface area contributed by atoms with Crippen LogP contribution in [0.4, 0.5) is 5.82 Å². The first kappa shape index (κ1) is 19.5. The zero-order valence-electron chi connectivity index (χ0n) is 17.9. The third kappa shape index (κ3) is 3.97. The quantitative estimate of drug-likeness (QED) is 0.445. The molecule has 0 bridgehead atoms. The molecule has 0 spiro atoms. The average Bonchev–Trinajstić information content (AvgIpc) is 3.24. The Morgan fingerprint density at radius 2 is 1.55 bits per heavy atom. The molecule has 0 radical (unpaired) electrons. The van der Waals surface area contributed by atoms with E-state index >= 15 is 0 Å². The van der Waals surface area contributed by atoms with Crippen molar-refractivity contribution < 1.29 is 0 Å². The van der Waals surface area contributed by atoms with Gasteiger partial charge in [0.1, 0.15) is 5.82 Å². The molecule has 2 aromatic carbocycles. The fourth-order valence-electron chi connectivity index (χ4n) is 4.27. The highest BCUT2D eigenvalue weighted by molar-refractivity contribution is 5.80. The Morgan fingerprint density at radius 1 is 0.903 bits per heavy atom. The van der Waals surface area contributed by atoms with Gasteiger partial charge in [0, 0.05) is 49.9 Å². The average molecular weight is 410 g/mol. The standard InChI is InChI=1S/C26H27N5/c1-20(2)19-29-13-15-30(16-14-29)25-17-24(22-11-7-4-8-12-22)28-26-23(18-27-31(25)26)21-9-5-3-6-10-21/h3-12,17-18H,1,13-16,19H2,2H3. The Labute approximate surface area is 183 Å². The number of aromatic nitrogens is 3. The Morgan fingerprint density at radius 3 is 2.19 bits per heavy atom. The van der Waals surface area contributed by atoms with E-state index in [0.717, 1.165) is 66.6 Å². The molecule has 1 fully saturated rings. The number of fused-ring (bicyclic) bond motifs is 1. The van der Waals surface area contributed by atoms with Crippen LogP contribution in [0.2, 0.25) is 0 Å². The molecule has 0 saturated carbocycles. The molecule has 4 aromatic rings. The smallest absolute Gasteiger partial charge is 0.165 e. The van der Waals surface area contributed by atoms with E-state index in [9.17, 15) is 0 Å². The zero-order valence-corrected chi connectivity index (χ0v) is 17.9. The normalized spacial score (nSPS) is 14.8. The van der Waals surface area contributed by atoms with Crippen molar-refractivity contribution in [3.8, 4) is 22.4 Å². The summed E-state index contributed by atoms with van der Waals surface area (Å²) in [6, 6.07) is 23.0. The largest absolute Gasteiger partial charge is 0.354 e. The summed E-state index contributed by atoms with van der Waals surface area (Å²) in [7, 11) is 0. The summed E-state index contributed by atoms with van der Waals surface area (Å²) in [6.07, 6.45) is 1.94. The van der Waals surface area contributed by atoms with Crippen LogP contribution in [-0.4, -0.2) is 52.2 Å². The number of hydrogen-bond acceptors (Lipinski definition) is 4. The van der Waals surface area contributed by atoms with Crippen molar-refractivity contribution in [2.75, 3.05) is 37.6 Å². The third-order valence-corrected chi connectivity index (χ3v) is 5.80. The van der Waals surface area contributed by atoms with Crippen molar-refractivity contribution in [1.29, 1.82) is 0 Å². The molecular weight excluding hydrogens is 382 g/mol. The zero-order chi connectivity index (χ0) is 21.2. The molecule has 3 heterocycles. The van der Waals surface area contributed by atoms with Gasteiger partial charge in [0.15, 0.2) is 5.65 Å². The van der Waals surface area contributed by atoms with Crippen molar-refractivity contribution in [2.45, 2.75) is 6.92 Å². The molecule has 156 valence electrons. The molecule has 31 heavy (non-hydrogen) atoms. The minimum absolute atomic E-state index is 0.895. The Bertz CT molecular complexity index is 1190. The van der Waals surface area contributed by atoms with Gasteiger partial charge in [0.25, 0.3) is 0 Å². The van der Waals surface area contributed by atoms with Gasteiger partial charge in [-0.2, -0.15) is 9.61 Å². The second-order valence-corrected chi connectivity index (χ2v) is 8.25. The van der Waals surface area contributed by atoms with Crippen molar-refractivity contribution >= 4 is 11.5 Å². The van der Waals surface area contributed by atoms with Gasteiger partial charge in [-0.3, -0.25) is 4.90 Å². The van der Waals surface area contributed by atoms with Crippen LogP contribution >= 0.6 is 0 Å². The molecule has 5 rings (SSSR count). The van der Waals surface area contributed by atoms with Gasteiger partial charge in [-0.15, -0.1) is 0 Å². The molecule has 5 heteroatoms. The summed E-state index contributed by atoms with van der Waals surface area (Å²) in [4.78, 5) is 9.94. The predicted molar refractivity (Wildman–Crippen MR) is 127 cm³/mol. The molecular formula is C26H27N5. The van der Waals surface area contributed by atoms with Gasteiger partial charge in [-0.05, 0) is 12.5 Å². The second kappa shape index (κ2) is 8.36. The molecule has 1 aliphatic heterocycles. The molecule has 0 aliphatic carbocycles. The van der Waals surface area contributed by atoms with Crippen LogP contribution in [-0.2, 0) is 0 Å². The van der Waals surface area contributed by atoms with Crippen LogP contribution in [0.25, 0.3) is 28.0 Å². The fourth-order valence-corrected chi connectivity index (χ4v) is 4.27. The van der Waals surface area contributed by atoms with Crippen molar-refractivity contribution in [3.63, 3.8) is 0 Å². The number of nitrogens with zero attached hydrogens (tertiary/aromatic N) is 5. The van der Waals surface area contributed by atoms with E-state index in [-0.39, 0.29) is 0 Å². The van der Waals surface area contributed by atoms with E-state index in [1.807, 2.05) is 22.8 Å². The summed E-state index contributed by atoms with van der Waals surface area (Å²) in [6.45, 7) is 11.1. The lowest BCUT2D eigenvalue weighted by Crippen LogP contribution is -2.47. The summed E-state index contributed by atoms with van der Waals surface area (Å²) in [5, 5.41) is 4.76. The van der Waals surface area contributed by atoms with Gasteiger partial charge < -0.3 is 4.90 Å². The SMILES string of the molecule is C=C(C)CN1CCN(c2cc(-c3ccccc3)nc3c(-c4ccccc4)cnn23)CC1. The first-order valence-electron chi connectivity index (χ1n) is 10.8. The highest BCUT2D eigenvalue weighted by Crippen LogP contribution is 2.30. The van der Waals surface area contributed by atoms with Gasteiger partial charge in [0.2, 0.25) is 0 Å². The van der Waals surface area contributed by atoms with Crippen molar-refractivity contribution in [1.82, 2.24) is 19.5 Å². The van der Waals surface area contributed by atoms with Crippen LogP contribution in [0.5, 0.6) is 0 Å².